The van der Waals surface area contributed by atoms with Gasteiger partial charge in [-0.3, -0.25) is 4.79 Å². The molecule has 0 spiro atoms. The highest BCUT2D eigenvalue weighted by Gasteiger charge is 2.29. The second-order valence-corrected chi connectivity index (χ2v) is 6.32. The van der Waals surface area contributed by atoms with Crippen molar-refractivity contribution in [1.29, 1.82) is 0 Å². The zero-order chi connectivity index (χ0) is 13.9. The Hall–Kier alpha value is -1.62. The smallest absolute Gasteiger partial charge is 0.290 e. The number of amides is 1. The Morgan fingerprint density at radius 1 is 1.50 bits per heavy atom. The Kier molecular flexibility index (Phi) is 3.87. The van der Waals surface area contributed by atoms with Crippen molar-refractivity contribution in [2.24, 2.45) is 5.92 Å². The molecule has 0 bridgehead atoms. The lowest BCUT2D eigenvalue weighted by Gasteiger charge is -2.23. The van der Waals surface area contributed by atoms with Gasteiger partial charge in [0.1, 0.15) is 0 Å². The maximum atomic E-state index is 12.3. The van der Waals surface area contributed by atoms with Crippen LogP contribution in [0.25, 0.3) is 0 Å². The molecule has 1 aliphatic rings. The van der Waals surface area contributed by atoms with E-state index in [0.29, 0.717) is 11.7 Å². The van der Waals surface area contributed by atoms with E-state index in [4.69, 9.17) is 4.52 Å². The van der Waals surface area contributed by atoms with Crippen LogP contribution in [-0.4, -0.2) is 11.1 Å². The molecule has 2 aromatic heterocycles. The fourth-order valence-corrected chi connectivity index (χ4v) is 3.73. The Morgan fingerprint density at radius 3 is 2.90 bits per heavy atom. The molecule has 1 N–H and O–H groups in total. The van der Waals surface area contributed by atoms with Crippen molar-refractivity contribution in [3.05, 3.63) is 39.9 Å². The van der Waals surface area contributed by atoms with Gasteiger partial charge in [0.15, 0.2) is 0 Å². The van der Waals surface area contributed by atoms with Crippen molar-refractivity contribution in [2.45, 2.75) is 38.6 Å². The van der Waals surface area contributed by atoms with Gasteiger partial charge >= 0.3 is 0 Å². The number of aryl methyl sites for hydroxylation is 1. The van der Waals surface area contributed by atoms with Gasteiger partial charge in [-0.25, -0.2) is 0 Å². The molecule has 0 aliphatic heterocycles. The van der Waals surface area contributed by atoms with Crippen LogP contribution in [0.5, 0.6) is 0 Å². The van der Waals surface area contributed by atoms with E-state index in [-0.39, 0.29) is 11.9 Å². The summed E-state index contributed by atoms with van der Waals surface area (Å²) in [5.41, 5.74) is 0.726. The predicted octanol–water partition coefficient (Wildman–Crippen LogP) is 3.71. The predicted molar refractivity (Wildman–Crippen MR) is 77.7 cm³/mol. The Morgan fingerprint density at radius 2 is 2.30 bits per heavy atom. The maximum Gasteiger partial charge on any atom is 0.290 e. The first-order valence-electron chi connectivity index (χ1n) is 7.01. The van der Waals surface area contributed by atoms with Gasteiger partial charge in [0.05, 0.1) is 11.7 Å². The standard InChI is InChI=1S/C15H18N2O2S/c1-10-9-12(19-17-10)15(18)16-14(11-5-2-3-6-11)13-7-4-8-20-13/h4,7-9,11,14H,2-3,5-6H2,1H3,(H,16,18)/t14-/m0/s1. The van der Waals surface area contributed by atoms with Crippen LogP contribution in [0.1, 0.15) is 52.9 Å². The van der Waals surface area contributed by atoms with Gasteiger partial charge in [-0.1, -0.05) is 24.1 Å². The van der Waals surface area contributed by atoms with Gasteiger partial charge in [0, 0.05) is 10.9 Å². The molecule has 1 atom stereocenters. The van der Waals surface area contributed by atoms with Gasteiger partial charge in [0.2, 0.25) is 5.76 Å². The summed E-state index contributed by atoms with van der Waals surface area (Å²) in [6, 6.07) is 5.90. The summed E-state index contributed by atoms with van der Waals surface area (Å²) in [5, 5.41) is 8.96. The molecule has 1 saturated carbocycles. The topological polar surface area (TPSA) is 55.1 Å². The molecule has 3 rings (SSSR count). The molecule has 0 aromatic carbocycles. The summed E-state index contributed by atoms with van der Waals surface area (Å²) in [5.74, 6) is 0.652. The third-order valence-corrected chi connectivity index (χ3v) is 4.81. The van der Waals surface area contributed by atoms with Gasteiger partial charge in [-0.05, 0) is 37.1 Å². The summed E-state index contributed by atoms with van der Waals surface area (Å²) < 4.78 is 5.05. The molecule has 106 valence electrons. The van der Waals surface area contributed by atoms with Gasteiger partial charge < -0.3 is 9.84 Å². The van der Waals surface area contributed by atoms with E-state index in [0.717, 1.165) is 5.69 Å². The first-order chi connectivity index (χ1) is 9.74. The summed E-state index contributed by atoms with van der Waals surface area (Å²) in [4.78, 5) is 13.5. The fraction of sp³-hybridized carbons (Fsp3) is 0.467. The quantitative estimate of drug-likeness (QED) is 0.934. The molecule has 1 aliphatic carbocycles. The van der Waals surface area contributed by atoms with Gasteiger partial charge in [0.25, 0.3) is 5.91 Å². The summed E-state index contributed by atoms with van der Waals surface area (Å²) in [6.07, 6.45) is 4.87. The van der Waals surface area contributed by atoms with Crippen molar-refractivity contribution in [3.63, 3.8) is 0 Å². The SMILES string of the molecule is Cc1cc(C(=O)N[C@H](c2cccs2)C2CCCC2)on1. The number of aromatic nitrogens is 1. The van der Waals surface area contributed by atoms with Crippen LogP contribution in [0, 0.1) is 12.8 Å². The number of nitrogens with one attached hydrogen (secondary N) is 1. The van der Waals surface area contributed by atoms with Crippen LogP contribution >= 0.6 is 11.3 Å². The molecular weight excluding hydrogens is 272 g/mol. The average Bonchev–Trinajstić information content (AvgIpc) is 3.17. The third-order valence-electron chi connectivity index (χ3n) is 3.86. The van der Waals surface area contributed by atoms with Crippen molar-refractivity contribution < 1.29 is 9.32 Å². The molecule has 20 heavy (non-hydrogen) atoms. The number of carbonyl (C=O) groups excluding carboxylic acids is 1. The number of thiophene rings is 1. The van der Waals surface area contributed by atoms with E-state index in [9.17, 15) is 4.79 Å². The van der Waals surface area contributed by atoms with Crippen LogP contribution in [-0.2, 0) is 0 Å². The lowest BCUT2D eigenvalue weighted by molar-refractivity contribution is 0.0885. The van der Waals surface area contributed by atoms with Crippen molar-refractivity contribution in [1.82, 2.24) is 10.5 Å². The van der Waals surface area contributed by atoms with Crippen molar-refractivity contribution >= 4 is 17.2 Å². The van der Waals surface area contributed by atoms with Crippen molar-refractivity contribution in [3.8, 4) is 0 Å². The number of nitrogens with zero attached hydrogens (tertiary/aromatic N) is 1. The minimum absolute atomic E-state index is 0.0930. The first-order valence-corrected chi connectivity index (χ1v) is 7.89. The van der Waals surface area contributed by atoms with Crippen LogP contribution < -0.4 is 5.32 Å². The summed E-state index contributed by atoms with van der Waals surface area (Å²) in [7, 11) is 0. The molecular formula is C15H18N2O2S. The molecule has 4 nitrogen and oxygen atoms in total. The van der Waals surface area contributed by atoms with E-state index >= 15 is 0 Å². The number of rotatable bonds is 4. The lowest BCUT2D eigenvalue weighted by Crippen LogP contribution is -2.32. The Balaban J connectivity index is 1.77. The summed E-state index contributed by atoms with van der Waals surface area (Å²) >= 11 is 1.70. The molecule has 0 unspecified atom stereocenters. The molecule has 2 aromatic rings. The van der Waals surface area contributed by atoms with Crippen LogP contribution in [0.4, 0.5) is 0 Å². The second-order valence-electron chi connectivity index (χ2n) is 5.34. The van der Waals surface area contributed by atoms with E-state index < -0.39 is 0 Å². The van der Waals surface area contributed by atoms with E-state index in [1.165, 1.54) is 30.6 Å². The minimum Gasteiger partial charge on any atom is -0.351 e. The number of carbonyl (C=O) groups is 1. The first kappa shape index (κ1) is 13.4. The van der Waals surface area contributed by atoms with Crippen LogP contribution in [0.15, 0.2) is 28.1 Å². The third kappa shape index (κ3) is 2.77. The highest BCUT2D eigenvalue weighted by Crippen LogP contribution is 2.37. The molecule has 1 amide bonds. The van der Waals surface area contributed by atoms with E-state index in [2.05, 4.69) is 21.9 Å². The number of hydrogen-bond donors (Lipinski definition) is 1. The highest BCUT2D eigenvalue weighted by atomic mass is 32.1. The molecule has 0 radical (unpaired) electrons. The average molecular weight is 290 g/mol. The van der Waals surface area contributed by atoms with Crippen LogP contribution in [0.2, 0.25) is 0 Å². The maximum absolute atomic E-state index is 12.3. The van der Waals surface area contributed by atoms with Crippen LogP contribution in [0.3, 0.4) is 0 Å². The normalized spacial score (nSPS) is 17.2. The van der Waals surface area contributed by atoms with Gasteiger partial charge in [-0.2, -0.15) is 0 Å². The van der Waals surface area contributed by atoms with Gasteiger partial charge in [-0.15, -0.1) is 11.3 Å². The highest BCUT2D eigenvalue weighted by molar-refractivity contribution is 7.10. The molecule has 2 heterocycles. The Labute approximate surface area is 122 Å². The minimum atomic E-state index is -0.170. The zero-order valence-electron chi connectivity index (χ0n) is 11.5. The van der Waals surface area contributed by atoms with E-state index in [1.807, 2.05) is 13.0 Å². The Bertz CT molecular complexity index is 570. The largest absolute Gasteiger partial charge is 0.351 e. The lowest BCUT2D eigenvalue weighted by atomic mass is 9.96. The second kappa shape index (κ2) is 5.79. The monoisotopic (exact) mass is 290 g/mol. The molecule has 5 heteroatoms. The number of hydrogen-bond acceptors (Lipinski definition) is 4. The fourth-order valence-electron chi connectivity index (χ4n) is 2.86. The van der Waals surface area contributed by atoms with E-state index in [1.54, 1.807) is 17.4 Å². The van der Waals surface area contributed by atoms with Crippen molar-refractivity contribution in [2.75, 3.05) is 0 Å². The zero-order valence-corrected chi connectivity index (χ0v) is 12.3. The summed E-state index contributed by atoms with van der Waals surface area (Å²) in [6.45, 7) is 1.81. The molecule has 0 saturated heterocycles. The molecule has 1 fully saturated rings.